The number of rotatable bonds is 5. The minimum atomic E-state index is -5.08. The maximum atomic E-state index is 10.6. The smallest absolute Gasteiger partial charge is 0.475 e. The number of hydrogen-bond donors (Lipinski definition) is 2. The number of carboxylic acid groups (broad SMARTS) is 2. The Bertz CT molecular complexity index is 1010. The second kappa shape index (κ2) is 13.5. The van der Waals surface area contributed by atoms with Gasteiger partial charge in [0.2, 0.25) is 0 Å². The molecule has 1 saturated heterocycles. The number of halogens is 6. The van der Waals surface area contributed by atoms with Gasteiger partial charge in [0.15, 0.2) is 0 Å². The summed E-state index contributed by atoms with van der Waals surface area (Å²) in [4.78, 5) is 24.5. The maximum absolute atomic E-state index is 10.6. The third kappa shape index (κ3) is 9.90. The van der Waals surface area contributed by atoms with Crippen LogP contribution in [0.15, 0.2) is 36.9 Å². The van der Waals surface area contributed by atoms with E-state index in [-0.39, 0.29) is 12.2 Å². The number of carbonyl (C=O) groups is 2. The molecular weight excluding hydrogens is 530 g/mol. The second-order valence-electron chi connectivity index (χ2n) is 8.29. The van der Waals surface area contributed by atoms with Crippen molar-refractivity contribution in [1.29, 1.82) is 0 Å². The van der Waals surface area contributed by atoms with Gasteiger partial charge in [-0.2, -0.15) is 31.4 Å². The van der Waals surface area contributed by atoms with E-state index in [0.717, 1.165) is 38.1 Å². The number of aromatic nitrogens is 3. The Balaban J connectivity index is 0.000000301. The molecule has 1 saturated carbocycles. The number of fused-ring (bicyclic) bond motifs is 1. The van der Waals surface area contributed by atoms with Crippen molar-refractivity contribution in [1.82, 2.24) is 19.7 Å². The van der Waals surface area contributed by atoms with Crippen molar-refractivity contribution in [2.45, 2.75) is 56.6 Å². The van der Waals surface area contributed by atoms with Crippen LogP contribution in [0.4, 0.5) is 26.3 Å². The molecule has 1 aliphatic carbocycles. The van der Waals surface area contributed by atoms with Crippen LogP contribution in [-0.2, 0) is 39.3 Å². The molecule has 3 atom stereocenters. The third-order valence-electron chi connectivity index (χ3n) is 5.47. The van der Waals surface area contributed by atoms with Crippen molar-refractivity contribution in [2.24, 2.45) is 7.05 Å². The highest BCUT2D eigenvalue weighted by Gasteiger charge is 2.43. The van der Waals surface area contributed by atoms with E-state index in [1.54, 1.807) is 6.20 Å². The summed E-state index contributed by atoms with van der Waals surface area (Å²) in [7, 11) is 1.96. The van der Waals surface area contributed by atoms with Crippen LogP contribution in [0.2, 0.25) is 0 Å². The third-order valence-corrected chi connectivity index (χ3v) is 5.47. The average molecular weight is 556 g/mol. The van der Waals surface area contributed by atoms with Gasteiger partial charge in [0, 0.05) is 50.3 Å². The Morgan fingerprint density at radius 2 is 1.71 bits per heavy atom. The fourth-order valence-corrected chi connectivity index (χ4v) is 3.84. The number of nitrogens with zero attached hydrogens (tertiary/aromatic N) is 4. The Hall–Kier alpha value is -3.24. The minimum Gasteiger partial charge on any atom is -0.475 e. The lowest BCUT2D eigenvalue weighted by Gasteiger charge is -2.38. The van der Waals surface area contributed by atoms with Crippen LogP contribution < -0.4 is 0 Å². The maximum Gasteiger partial charge on any atom is 0.490 e. The van der Waals surface area contributed by atoms with Gasteiger partial charge in [-0.15, -0.1) is 0 Å². The van der Waals surface area contributed by atoms with E-state index >= 15 is 0 Å². The van der Waals surface area contributed by atoms with Gasteiger partial charge in [-0.1, -0.05) is 6.07 Å². The van der Waals surface area contributed by atoms with E-state index in [9.17, 15) is 26.3 Å². The predicted octanol–water partition coefficient (Wildman–Crippen LogP) is 3.03. The first-order valence-electron chi connectivity index (χ1n) is 11.1. The van der Waals surface area contributed by atoms with E-state index in [2.05, 4.69) is 27.2 Å². The molecule has 4 rings (SSSR count). The first-order chi connectivity index (χ1) is 17.7. The molecule has 2 aromatic heterocycles. The fraction of sp³-hybridized carbons (Fsp3) is 0.545. The summed E-state index contributed by atoms with van der Waals surface area (Å²) < 4.78 is 77.6. The van der Waals surface area contributed by atoms with Crippen LogP contribution in [0, 0.1) is 0 Å². The number of alkyl halides is 6. The molecule has 16 heteroatoms. The molecular formula is C22H26F6N4O6. The first-order valence-corrected chi connectivity index (χ1v) is 11.1. The van der Waals surface area contributed by atoms with Crippen molar-refractivity contribution in [3.05, 3.63) is 48.0 Å². The molecule has 1 aliphatic heterocycles. The quantitative estimate of drug-likeness (QED) is 0.535. The Kier molecular flexibility index (Phi) is 11.0. The highest BCUT2D eigenvalue weighted by Crippen LogP contribution is 2.33. The summed E-state index contributed by atoms with van der Waals surface area (Å²) in [5, 5.41) is 18.5. The summed E-state index contributed by atoms with van der Waals surface area (Å²) >= 11 is 0. The summed E-state index contributed by atoms with van der Waals surface area (Å²) in [5.74, 6) is -5.51. The fourth-order valence-electron chi connectivity index (χ4n) is 3.84. The monoisotopic (exact) mass is 556 g/mol. The van der Waals surface area contributed by atoms with Crippen LogP contribution in [0.5, 0.6) is 0 Å². The van der Waals surface area contributed by atoms with Gasteiger partial charge in [-0.25, -0.2) is 9.59 Å². The van der Waals surface area contributed by atoms with Gasteiger partial charge >= 0.3 is 24.3 Å². The topological polar surface area (TPSA) is 127 Å². The molecule has 2 fully saturated rings. The summed E-state index contributed by atoms with van der Waals surface area (Å²) in [6.45, 7) is 3.29. The molecule has 0 unspecified atom stereocenters. The number of hydrogen-bond acceptors (Lipinski definition) is 7. The molecule has 212 valence electrons. The van der Waals surface area contributed by atoms with Gasteiger partial charge in [-0.05, 0) is 24.5 Å². The second-order valence-corrected chi connectivity index (χ2v) is 8.29. The molecule has 0 amide bonds. The van der Waals surface area contributed by atoms with Gasteiger partial charge in [-0.3, -0.25) is 14.6 Å². The Morgan fingerprint density at radius 1 is 1.08 bits per heavy atom. The molecule has 3 heterocycles. The van der Waals surface area contributed by atoms with Crippen LogP contribution in [0.3, 0.4) is 0 Å². The largest absolute Gasteiger partial charge is 0.490 e. The number of ether oxygens (including phenoxy) is 2. The summed E-state index contributed by atoms with van der Waals surface area (Å²) in [6, 6.07) is 4.44. The lowest BCUT2D eigenvalue weighted by atomic mass is 10.1. The average Bonchev–Trinajstić information content (AvgIpc) is 3.44. The van der Waals surface area contributed by atoms with Crippen LogP contribution in [0.1, 0.15) is 24.0 Å². The lowest BCUT2D eigenvalue weighted by molar-refractivity contribution is -0.193. The minimum absolute atomic E-state index is 0.173. The molecule has 0 aromatic carbocycles. The SMILES string of the molecule is Cn1cc(CN2CCO[C@@H]3[C@@H](OCc4cccnc4)CC[C@@H]32)cn1.O=C(O)C(F)(F)F.O=C(O)C(F)(F)F. The molecule has 10 nitrogen and oxygen atoms in total. The number of aryl methyl sites for hydroxylation is 1. The van der Waals surface area contributed by atoms with Crippen LogP contribution in [-0.4, -0.2) is 85.6 Å². The van der Waals surface area contributed by atoms with Crippen molar-refractivity contribution in [3.63, 3.8) is 0 Å². The normalized spacial score (nSPS) is 21.4. The van der Waals surface area contributed by atoms with E-state index in [1.165, 1.54) is 5.56 Å². The van der Waals surface area contributed by atoms with Gasteiger partial charge in [0.05, 0.1) is 31.6 Å². The van der Waals surface area contributed by atoms with Crippen LogP contribution in [0.25, 0.3) is 0 Å². The standard InChI is InChI=1S/C18H24N4O2.2C2HF3O2/c1-21-11-15(10-20-21)12-22-7-8-23-18-16(22)4-5-17(18)24-13-14-3-2-6-19-9-14;2*3-2(4,5)1(6)7/h2-3,6,9-11,16-18H,4-5,7-8,12-13H2,1H3;2*(H,6,7)/t16-,17-,18-;;/m0../s1. The molecule has 0 spiro atoms. The molecule has 38 heavy (non-hydrogen) atoms. The van der Waals surface area contributed by atoms with Crippen molar-refractivity contribution in [2.75, 3.05) is 13.2 Å². The van der Waals surface area contributed by atoms with E-state index < -0.39 is 24.3 Å². The molecule has 2 aromatic rings. The van der Waals surface area contributed by atoms with Crippen molar-refractivity contribution >= 4 is 11.9 Å². The van der Waals surface area contributed by atoms with E-state index in [0.29, 0.717) is 12.6 Å². The Morgan fingerprint density at radius 3 is 2.21 bits per heavy atom. The highest BCUT2D eigenvalue weighted by molar-refractivity contribution is 5.73. The van der Waals surface area contributed by atoms with Gasteiger partial charge in [0.25, 0.3) is 0 Å². The first kappa shape index (κ1) is 31.0. The Labute approximate surface area is 212 Å². The molecule has 2 aliphatic rings. The highest BCUT2D eigenvalue weighted by atomic mass is 19.4. The number of morpholine rings is 1. The number of pyridine rings is 1. The molecule has 0 bridgehead atoms. The van der Waals surface area contributed by atoms with E-state index in [1.807, 2.05) is 30.2 Å². The van der Waals surface area contributed by atoms with Gasteiger partial charge in [0.1, 0.15) is 0 Å². The van der Waals surface area contributed by atoms with Crippen LogP contribution >= 0.6 is 0 Å². The zero-order chi connectivity index (χ0) is 28.5. The van der Waals surface area contributed by atoms with Gasteiger partial charge < -0.3 is 19.7 Å². The number of carboxylic acids is 2. The lowest BCUT2D eigenvalue weighted by Crippen LogP contribution is -2.51. The molecule has 0 radical (unpaired) electrons. The van der Waals surface area contributed by atoms with E-state index in [4.69, 9.17) is 29.3 Å². The summed E-state index contributed by atoms with van der Waals surface area (Å²) in [6.07, 6.45) is 0.0605. The zero-order valence-corrected chi connectivity index (χ0v) is 20.0. The van der Waals surface area contributed by atoms with Crippen molar-refractivity contribution < 1.29 is 55.6 Å². The zero-order valence-electron chi connectivity index (χ0n) is 20.0. The van der Waals surface area contributed by atoms with Crippen molar-refractivity contribution in [3.8, 4) is 0 Å². The summed E-state index contributed by atoms with van der Waals surface area (Å²) in [5.41, 5.74) is 2.38. The predicted molar refractivity (Wildman–Crippen MR) is 117 cm³/mol. The molecule has 2 N–H and O–H groups in total. The number of aliphatic carboxylic acids is 2.